The average molecular weight is 416 g/mol. The number of hydrogen-bond donors (Lipinski definition) is 1. The van der Waals surface area contributed by atoms with Crippen LogP contribution in [0, 0.1) is 0 Å². The molecule has 0 atom stereocenters. The highest BCUT2D eigenvalue weighted by atomic mass is 16.5. The third kappa shape index (κ3) is 4.07. The summed E-state index contributed by atoms with van der Waals surface area (Å²) in [5.74, 6) is 1.41. The second kappa shape index (κ2) is 8.74. The van der Waals surface area contributed by atoms with Crippen LogP contribution in [-0.2, 0) is 0 Å². The highest BCUT2D eigenvalue weighted by molar-refractivity contribution is 5.85. The molecule has 0 saturated carbocycles. The molecule has 0 amide bonds. The lowest BCUT2D eigenvalue weighted by Crippen LogP contribution is -1.94. The average Bonchev–Trinajstić information content (AvgIpc) is 2.85. The number of nitrogens with zero attached hydrogens (tertiary/aromatic N) is 2. The number of aromatic nitrogens is 2. The number of rotatable bonds is 5. The highest BCUT2D eigenvalue weighted by Gasteiger charge is 2.14. The van der Waals surface area contributed by atoms with Crippen LogP contribution in [0.5, 0.6) is 17.4 Å². The van der Waals surface area contributed by atoms with Crippen molar-refractivity contribution in [1.29, 1.82) is 0 Å². The molecule has 0 fully saturated rings. The van der Waals surface area contributed by atoms with Gasteiger partial charge in [-0.25, -0.2) is 9.97 Å². The molecule has 32 heavy (non-hydrogen) atoms. The van der Waals surface area contributed by atoms with Gasteiger partial charge in [-0.1, -0.05) is 66.7 Å². The van der Waals surface area contributed by atoms with E-state index in [2.05, 4.69) is 4.98 Å². The van der Waals surface area contributed by atoms with Crippen molar-refractivity contribution in [2.24, 2.45) is 0 Å². The van der Waals surface area contributed by atoms with E-state index >= 15 is 0 Å². The number of pyridine rings is 2. The Labute approximate surface area is 186 Å². The monoisotopic (exact) mass is 416 g/mol. The van der Waals surface area contributed by atoms with E-state index in [4.69, 9.17) is 9.72 Å². The van der Waals surface area contributed by atoms with Crippen LogP contribution in [0.15, 0.2) is 115 Å². The number of ether oxygens (including phenoxy) is 1. The highest BCUT2D eigenvalue weighted by Crippen LogP contribution is 2.37. The van der Waals surface area contributed by atoms with Crippen LogP contribution < -0.4 is 4.74 Å². The fourth-order valence-electron chi connectivity index (χ4n) is 3.60. The van der Waals surface area contributed by atoms with Crippen molar-refractivity contribution < 1.29 is 9.84 Å². The topological polar surface area (TPSA) is 55.2 Å². The third-order valence-electron chi connectivity index (χ3n) is 5.13. The minimum Gasteiger partial charge on any atom is -0.507 e. The summed E-state index contributed by atoms with van der Waals surface area (Å²) in [6, 6.07) is 34.7. The molecule has 5 aromatic rings. The SMILES string of the molecule is Oc1ccccc1-c1nc(-c2cccc(Oc3ccccn3)c2)ccc1-c1ccccc1. The van der Waals surface area contributed by atoms with Crippen molar-refractivity contribution in [3.05, 3.63) is 115 Å². The van der Waals surface area contributed by atoms with E-state index in [1.807, 2.05) is 103 Å². The molecule has 0 aliphatic carbocycles. The van der Waals surface area contributed by atoms with Gasteiger partial charge in [-0.05, 0) is 42.0 Å². The van der Waals surface area contributed by atoms with Crippen molar-refractivity contribution in [3.63, 3.8) is 0 Å². The molecule has 5 rings (SSSR count). The van der Waals surface area contributed by atoms with E-state index < -0.39 is 0 Å². The van der Waals surface area contributed by atoms with Gasteiger partial charge in [-0.2, -0.15) is 0 Å². The quantitative estimate of drug-likeness (QED) is 0.336. The molecule has 1 N–H and O–H groups in total. The first-order chi connectivity index (χ1) is 15.8. The summed E-state index contributed by atoms with van der Waals surface area (Å²) in [6.45, 7) is 0. The Morgan fingerprint density at radius 1 is 0.625 bits per heavy atom. The van der Waals surface area contributed by atoms with Crippen LogP contribution in [0.4, 0.5) is 0 Å². The first kappa shape index (κ1) is 19.5. The minimum atomic E-state index is 0.196. The molecule has 4 nitrogen and oxygen atoms in total. The van der Waals surface area contributed by atoms with Crippen LogP contribution in [0.2, 0.25) is 0 Å². The van der Waals surface area contributed by atoms with E-state index in [9.17, 15) is 5.11 Å². The van der Waals surface area contributed by atoms with Gasteiger partial charge < -0.3 is 9.84 Å². The molecule has 154 valence electrons. The van der Waals surface area contributed by atoms with Gasteiger partial charge in [0, 0.05) is 29.0 Å². The lowest BCUT2D eigenvalue weighted by atomic mass is 9.97. The number of hydrogen-bond acceptors (Lipinski definition) is 4. The zero-order valence-electron chi connectivity index (χ0n) is 17.2. The van der Waals surface area contributed by atoms with Gasteiger partial charge in [0.2, 0.25) is 5.88 Å². The van der Waals surface area contributed by atoms with Gasteiger partial charge in [-0.15, -0.1) is 0 Å². The molecule has 4 heteroatoms. The molecule has 3 aromatic carbocycles. The fraction of sp³-hybridized carbons (Fsp3) is 0. The Morgan fingerprint density at radius 2 is 1.41 bits per heavy atom. The van der Waals surface area contributed by atoms with Crippen molar-refractivity contribution in [3.8, 4) is 51.0 Å². The fourth-order valence-corrected chi connectivity index (χ4v) is 3.60. The molecule has 2 heterocycles. The molecule has 0 bridgehead atoms. The van der Waals surface area contributed by atoms with Gasteiger partial charge in [0.25, 0.3) is 0 Å². The third-order valence-corrected chi connectivity index (χ3v) is 5.13. The first-order valence-electron chi connectivity index (χ1n) is 10.3. The summed E-state index contributed by atoms with van der Waals surface area (Å²) >= 11 is 0. The van der Waals surface area contributed by atoms with Crippen molar-refractivity contribution in [2.45, 2.75) is 0 Å². The molecule has 0 spiro atoms. The lowest BCUT2D eigenvalue weighted by molar-refractivity contribution is 0.463. The molecular formula is C28H20N2O2. The Balaban J connectivity index is 1.60. The summed E-state index contributed by atoms with van der Waals surface area (Å²) in [6.07, 6.45) is 1.70. The van der Waals surface area contributed by atoms with Crippen LogP contribution >= 0.6 is 0 Å². The maximum atomic E-state index is 10.5. The lowest BCUT2D eigenvalue weighted by Gasteiger charge is -2.13. The number of phenols is 1. The number of para-hydroxylation sites is 1. The van der Waals surface area contributed by atoms with Crippen LogP contribution in [0.3, 0.4) is 0 Å². The van der Waals surface area contributed by atoms with E-state index in [1.54, 1.807) is 12.3 Å². The summed E-state index contributed by atoms with van der Waals surface area (Å²) < 4.78 is 5.89. The predicted molar refractivity (Wildman–Crippen MR) is 127 cm³/mol. The van der Waals surface area contributed by atoms with Crippen LogP contribution in [0.25, 0.3) is 33.6 Å². The standard InChI is InChI=1S/C28H20N2O2/c31-26-14-5-4-13-24(26)28-23(20-9-2-1-3-10-20)16-17-25(30-28)21-11-8-12-22(19-21)32-27-15-6-7-18-29-27/h1-19,31H. The first-order valence-corrected chi connectivity index (χ1v) is 10.3. The largest absolute Gasteiger partial charge is 0.507 e. The zero-order chi connectivity index (χ0) is 21.8. The second-order valence-electron chi connectivity index (χ2n) is 7.27. The molecule has 0 unspecified atom stereocenters. The Morgan fingerprint density at radius 3 is 2.22 bits per heavy atom. The maximum Gasteiger partial charge on any atom is 0.219 e. The molecule has 2 aromatic heterocycles. The van der Waals surface area contributed by atoms with Crippen molar-refractivity contribution in [2.75, 3.05) is 0 Å². The second-order valence-corrected chi connectivity index (χ2v) is 7.27. The van der Waals surface area contributed by atoms with Gasteiger partial charge in [0.05, 0.1) is 11.4 Å². The normalized spacial score (nSPS) is 10.6. The molecule has 0 radical (unpaired) electrons. The number of benzene rings is 3. The summed E-state index contributed by atoms with van der Waals surface area (Å²) in [5, 5.41) is 10.5. The Kier molecular flexibility index (Phi) is 5.33. The molecule has 0 saturated heterocycles. The van der Waals surface area contributed by atoms with Gasteiger partial charge in [0.15, 0.2) is 0 Å². The number of aromatic hydroxyl groups is 1. The summed E-state index contributed by atoms with van der Waals surface area (Å²) in [7, 11) is 0. The maximum absolute atomic E-state index is 10.5. The van der Waals surface area contributed by atoms with Crippen LogP contribution in [0.1, 0.15) is 0 Å². The van der Waals surface area contributed by atoms with Gasteiger partial charge >= 0.3 is 0 Å². The van der Waals surface area contributed by atoms with E-state index in [0.717, 1.165) is 28.1 Å². The zero-order valence-corrected chi connectivity index (χ0v) is 17.2. The van der Waals surface area contributed by atoms with Gasteiger partial charge in [0.1, 0.15) is 11.5 Å². The number of phenolic OH excluding ortho intramolecular Hbond substituents is 1. The van der Waals surface area contributed by atoms with E-state index in [-0.39, 0.29) is 5.75 Å². The van der Waals surface area contributed by atoms with E-state index in [1.165, 1.54) is 0 Å². The molecule has 0 aliphatic heterocycles. The van der Waals surface area contributed by atoms with Crippen molar-refractivity contribution in [1.82, 2.24) is 9.97 Å². The van der Waals surface area contributed by atoms with Gasteiger partial charge in [-0.3, -0.25) is 0 Å². The van der Waals surface area contributed by atoms with Crippen LogP contribution in [-0.4, -0.2) is 15.1 Å². The Bertz CT molecular complexity index is 1350. The van der Waals surface area contributed by atoms with Crippen molar-refractivity contribution >= 4 is 0 Å². The Hall–Kier alpha value is -4.44. The van der Waals surface area contributed by atoms with E-state index in [0.29, 0.717) is 17.2 Å². The summed E-state index contributed by atoms with van der Waals surface area (Å²) in [4.78, 5) is 9.19. The predicted octanol–water partition coefficient (Wildman–Crippen LogP) is 6.98. The molecule has 0 aliphatic rings. The molecular weight excluding hydrogens is 396 g/mol. The smallest absolute Gasteiger partial charge is 0.219 e. The summed E-state index contributed by atoms with van der Waals surface area (Å²) in [5.41, 5.74) is 5.11. The minimum absolute atomic E-state index is 0.196.